The largest absolute Gasteiger partial charge is 0.397 e. The highest BCUT2D eigenvalue weighted by Crippen LogP contribution is 2.37. The topological polar surface area (TPSA) is 99.1 Å². The molecule has 0 aliphatic heterocycles. The third-order valence-electron chi connectivity index (χ3n) is 4.86. The van der Waals surface area contributed by atoms with Gasteiger partial charge >= 0.3 is 0 Å². The molecule has 132 valence electrons. The smallest absolute Gasteiger partial charge is 0.270 e. The Labute approximate surface area is 153 Å². The lowest BCUT2D eigenvalue weighted by atomic mass is 9.87. The van der Waals surface area contributed by atoms with Gasteiger partial charge in [-0.3, -0.25) is 14.9 Å². The van der Waals surface area contributed by atoms with E-state index in [1.165, 1.54) is 35.1 Å². The van der Waals surface area contributed by atoms with Gasteiger partial charge < -0.3 is 5.73 Å². The van der Waals surface area contributed by atoms with Crippen molar-refractivity contribution in [2.45, 2.75) is 26.2 Å². The Balaban J connectivity index is 1.79. The summed E-state index contributed by atoms with van der Waals surface area (Å²) in [7, 11) is 0. The van der Waals surface area contributed by atoms with Crippen molar-refractivity contribution in [3.8, 4) is 0 Å². The lowest BCUT2D eigenvalue weighted by molar-refractivity contribution is -0.384. The number of non-ortho nitro benzene ring substituents is 1. The maximum absolute atomic E-state index is 12.9. The van der Waals surface area contributed by atoms with Gasteiger partial charge in [0.15, 0.2) is 0 Å². The molecule has 0 bridgehead atoms. The van der Waals surface area contributed by atoms with Crippen LogP contribution in [0.1, 0.15) is 39.8 Å². The van der Waals surface area contributed by atoms with E-state index in [0.29, 0.717) is 16.5 Å². The third kappa shape index (κ3) is 2.74. The molecule has 26 heavy (non-hydrogen) atoms. The maximum Gasteiger partial charge on any atom is 0.270 e. The molecule has 2 heterocycles. The van der Waals surface area contributed by atoms with Gasteiger partial charge in [0.1, 0.15) is 9.71 Å². The van der Waals surface area contributed by atoms with Crippen LogP contribution < -0.4 is 5.73 Å². The van der Waals surface area contributed by atoms with Crippen LogP contribution in [0.2, 0.25) is 0 Å². The SMILES string of the molecule is CC1CCc2nc3sc(C(=O)c4cccc([N+](=O)[O-])c4)c(N)c3cc2C1. The van der Waals surface area contributed by atoms with Crippen molar-refractivity contribution in [2.75, 3.05) is 5.73 Å². The number of carbonyl (C=O) groups excluding carboxylic acids is 1. The second kappa shape index (κ2) is 6.17. The first kappa shape index (κ1) is 16.7. The van der Waals surface area contributed by atoms with Gasteiger partial charge in [0.05, 0.1) is 10.6 Å². The number of aromatic nitrogens is 1. The van der Waals surface area contributed by atoms with Gasteiger partial charge in [-0.15, -0.1) is 11.3 Å². The van der Waals surface area contributed by atoms with Gasteiger partial charge in [-0.05, 0) is 36.8 Å². The van der Waals surface area contributed by atoms with Crippen molar-refractivity contribution in [1.82, 2.24) is 4.98 Å². The molecule has 1 unspecified atom stereocenters. The van der Waals surface area contributed by atoms with Crippen molar-refractivity contribution in [2.24, 2.45) is 5.92 Å². The number of fused-ring (bicyclic) bond motifs is 2. The summed E-state index contributed by atoms with van der Waals surface area (Å²) in [5, 5.41) is 11.8. The lowest BCUT2D eigenvalue weighted by Gasteiger charge is -2.20. The quantitative estimate of drug-likeness (QED) is 0.426. The number of anilines is 1. The molecule has 1 aliphatic carbocycles. The van der Waals surface area contributed by atoms with E-state index in [2.05, 4.69) is 13.0 Å². The van der Waals surface area contributed by atoms with E-state index in [9.17, 15) is 14.9 Å². The molecule has 0 saturated carbocycles. The average molecular weight is 367 g/mol. The molecule has 1 aliphatic rings. The fraction of sp³-hybridized carbons (Fsp3) is 0.263. The number of hydrogen-bond donors (Lipinski definition) is 1. The first-order valence-corrected chi connectivity index (χ1v) is 9.25. The Bertz CT molecular complexity index is 1060. The Hall–Kier alpha value is -2.80. The van der Waals surface area contributed by atoms with Crippen LogP contribution in [0, 0.1) is 16.0 Å². The van der Waals surface area contributed by atoms with Crippen LogP contribution in [0.25, 0.3) is 10.2 Å². The fourth-order valence-corrected chi connectivity index (χ4v) is 4.49. The number of thiophene rings is 1. The van der Waals surface area contributed by atoms with Crippen LogP contribution in [-0.2, 0) is 12.8 Å². The van der Waals surface area contributed by atoms with E-state index >= 15 is 0 Å². The van der Waals surface area contributed by atoms with Crippen LogP contribution in [0.3, 0.4) is 0 Å². The molecule has 2 N–H and O–H groups in total. The van der Waals surface area contributed by atoms with E-state index in [0.717, 1.165) is 35.2 Å². The fourth-order valence-electron chi connectivity index (χ4n) is 3.43. The van der Waals surface area contributed by atoms with Gasteiger partial charge in [0.25, 0.3) is 5.69 Å². The van der Waals surface area contributed by atoms with E-state index in [4.69, 9.17) is 10.7 Å². The molecule has 3 aromatic rings. The summed E-state index contributed by atoms with van der Waals surface area (Å²) in [6.45, 7) is 2.22. The monoisotopic (exact) mass is 367 g/mol. The molecule has 0 fully saturated rings. The number of nitrogens with two attached hydrogens (primary N) is 1. The number of aryl methyl sites for hydroxylation is 1. The van der Waals surface area contributed by atoms with E-state index in [-0.39, 0.29) is 17.0 Å². The Morgan fingerprint density at radius 1 is 1.38 bits per heavy atom. The number of nitrogen functional groups attached to an aromatic ring is 1. The molecule has 1 aromatic carbocycles. The molecule has 1 atom stereocenters. The molecule has 0 radical (unpaired) electrons. The van der Waals surface area contributed by atoms with Crippen molar-refractivity contribution < 1.29 is 9.72 Å². The average Bonchev–Trinajstić information content (AvgIpc) is 2.95. The van der Waals surface area contributed by atoms with E-state index in [1.54, 1.807) is 6.07 Å². The molecular weight excluding hydrogens is 350 g/mol. The predicted octanol–water partition coefficient (Wildman–Crippen LogP) is 4.14. The van der Waals surface area contributed by atoms with Crippen LogP contribution in [0.5, 0.6) is 0 Å². The second-order valence-electron chi connectivity index (χ2n) is 6.78. The summed E-state index contributed by atoms with van der Waals surface area (Å²) in [6, 6.07) is 7.78. The zero-order valence-corrected chi connectivity index (χ0v) is 15.0. The van der Waals surface area contributed by atoms with Gasteiger partial charge in [0.2, 0.25) is 5.78 Å². The van der Waals surface area contributed by atoms with Gasteiger partial charge in [-0.1, -0.05) is 19.1 Å². The van der Waals surface area contributed by atoms with Crippen LogP contribution >= 0.6 is 11.3 Å². The molecule has 0 spiro atoms. The van der Waals surface area contributed by atoms with Gasteiger partial charge in [-0.2, -0.15) is 0 Å². The number of carbonyl (C=O) groups is 1. The highest BCUT2D eigenvalue weighted by atomic mass is 32.1. The van der Waals surface area contributed by atoms with Crippen LogP contribution in [0.4, 0.5) is 11.4 Å². The number of nitrogens with zero attached hydrogens (tertiary/aromatic N) is 2. The molecule has 0 amide bonds. The number of hydrogen-bond acceptors (Lipinski definition) is 6. The number of rotatable bonds is 3. The molecule has 6 nitrogen and oxygen atoms in total. The standard InChI is InChI=1S/C19H17N3O3S/c1-10-5-6-15-12(7-10)9-14-16(20)18(26-19(14)21-15)17(23)11-3-2-4-13(8-11)22(24)25/h2-4,8-10H,5-7,20H2,1H3. The summed E-state index contributed by atoms with van der Waals surface area (Å²) in [5.41, 5.74) is 9.11. The van der Waals surface area contributed by atoms with Crippen LogP contribution in [0.15, 0.2) is 30.3 Å². The molecule has 0 saturated heterocycles. The van der Waals surface area contributed by atoms with Crippen molar-refractivity contribution in [3.05, 3.63) is 62.1 Å². The lowest BCUT2D eigenvalue weighted by Crippen LogP contribution is -2.12. The summed E-state index contributed by atoms with van der Waals surface area (Å²) >= 11 is 1.26. The highest BCUT2D eigenvalue weighted by molar-refractivity contribution is 7.21. The number of nitro groups is 1. The van der Waals surface area contributed by atoms with Crippen molar-refractivity contribution >= 4 is 38.7 Å². The minimum Gasteiger partial charge on any atom is -0.397 e. The molecular formula is C19H17N3O3S. The first-order valence-electron chi connectivity index (χ1n) is 8.44. The maximum atomic E-state index is 12.9. The number of ketones is 1. The second-order valence-corrected chi connectivity index (χ2v) is 7.78. The Morgan fingerprint density at radius 3 is 2.96 bits per heavy atom. The third-order valence-corrected chi connectivity index (χ3v) is 5.97. The zero-order valence-electron chi connectivity index (χ0n) is 14.2. The number of pyridine rings is 1. The van der Waals surface area contributed by atoms with Gasteiger partial charge in [0, 0.05) is 28.8 Å². The number of nitro benzene ring substituents is 1. The van der Waals surface area contributed by atoms with Crippen molar-refractivity contribution in [3.63, 3.8) is 0 Å². The summed E-state index contributed by atoms with van der Waals surface area (Å²) in [5.74, 6) is 0.313. The van der Waals surface area contributed by atoms with E-state index in [1.807, 2.05) is 0 Å². The van der Waals surface area contributed by atoms with E-state index < -0.39 is 4.92 Å². The van der Waals surface area contributed by atoms with Crippen molar-refractivity contribution in [1.29, 1.82) is 0 Å². The zero-order chi connectivity index (χ0) is 18.4. The Kier molecular flexibility index (Phi) is 3.96. The molecule has 2 aromatic heterocycles. The van der Waals surface area contributed by atoms with Crippen LogP contribution in [-0.4, -0.2) is 15.7 Å². The predicted molar refractivity (Wildman–Crippen MR) is 102 cm³/mol. The normalized spacial score (nSPS) is 16.4. The van der Waals surface area contributed by atoms with Gasteiger partial charge in [-0.25, -0.2) is 4.98 Å². The molecule has 7 heteroatoms. The summed E-state index contributed by atoms with van der Waals surface area (Å²) in [6.07, 6.45) is 3.03. The molecule has 4 rings (SSSR count). The number of benzene rings is 1. The summed E-state index contributed by atoms with van der Waals surface area (Å²) < 4.78 is 0. The minimum atomic E-state index is -0.512. The summed E-state index contributed by atoms with van der Waals surface area (Å²) in [4.78, 5) is 29.2. The first-order chi connectivity index (χ1) is 12.4. The highest BCUT2D eigenvalue weighted by Gasteiger charge is 2.23. The minimum absolute atomic E-state index is 0.113. The Morgan fingerprint density at radius 2 is 2.19 bits per heavy atom.